The van der Waals surface area contributed by atoms with E-state index in [-0.39, 0.29) is 0 Å². The van der Waals surface area contributed by atoms with Crippen molar-refractivity contribution in [2.75, 3.05) is 0 Å². The monoisotopic (exact) mass is 336 g/mol. The predicted molar refractivity (Wildman–Crippen MR) is 83.7 cm³/mol. The Bertz CT molecular complexity index is 592. The molecule has 0 fully saturated rings. The zero-order valence-electron chi connectivity index (χ0n) is 10.9. The zero-order chi connectivity index (χ0) is 13.5. The molecule has 2 aromatic rings. The van der Waals surface area contributed by atoms with E-state index in [0.717, 1.165) is 22.9 Å². The highest BCUT2D eigenvalue weighted by Crippen LogP contribution is 2.44. The van der Waals surface area contributed by atoms with Crippen molar-refractivity contribution in [3.63, 3.8) is 0 Å². The number of fused-ring (bicyclic) bond motifs is 1. The van der Waals surface area contributed by atoms with E-state index in [2.05, 4.69) is 52.5 Å². The molecule has 1 aromatic carbocycles. The first-order valence-electron chi connectivity index (χ1n) is 6.64. The number of rotatable bonds is 2. The third-order valence-corrected chi connectivity index (χ3v) is 6.05. The molecule has 1 nitrogen and oxygen atoms in total. The van der Waals surface area contributed by atoms with Crippen LogP contribution in [0.5, 0.6) is 0 Å². The average Bonchev–Trinajstić information content (AvgIpc) is 2.80. The number of thiophene rings is 1. The zero-order valence-corrected chi connectivity index (χ0v) is 13.3. The van der Waals surface area contributed by atoms with Gasteiger partial charge in [0, 0.05) is 15.8 Å². The molecule has 1 heterocycles. The van der Waals surface area contributed by atoms with Gasteiger partial charge in [-0.3, -0.25) is 0 Å². The first-order valence-corrected chi connectivity index (χ1v) is 8.31. The lowest BCUT2D eigenvalue weighted by atomic mass is 9.73. The number of halogens is 1. The summed E-state index contributed by atoms with van der Waals surface area (Å²) >= 11 is 5.28. The van der Waals surface area contributed by atoms with Gasteiger partial charge < -0.3 is 5.11 Å². The summed E-state index contributed by atoms with van der Waals surface area (Å²) in [5.41, 5.74) is 1.72. The van der Waals surface area contributed by atoms with Gasteiger partial charge in [0.1, 0.15) is 0 Å². The standard InChI is InChI=1S/C16H17BrOS/c1-11-6-8-16(18,10-15-14(17)7-9-19-15)13-5-3-2-4-12(11)13/h2-5,7,9,11,18H,6,8,10H2,1H3. The van der Waals surface area contributed by atoms with Crippen LogP contribution in [0.4, 0.5) is 0 Å². The normalized spacial score (nSPS) is 26.2. The highest BCUT2D eigenvalue weighted by atomic mass is 79.9. The van der Waals surface area contributed by atoms with E-state index in [4.69, 9.17) is 0 Å². The second-order valence-electron chi connectivity index (χ2n) is 5.43. The molecule has 0 spiro atoms. The molecule has 0 bridgehead atoms. The van der Waals surface area contributed by atoms with Gasteiger partial charge in [-0.05, 0) is 57.3 Å². The Balaban J connectivity index is 2.01. The molecule has 0 saturated carbocycles. The lowest BCUT2D eigenvalue weighted by molar-refractivity contribution is 0.0165. The molecular formula is C16H17BrOS. The molecule has 0 saturated heterocycles. The fourth-order valence-electron chi connectivity index (χ4n) is 3.00. The Morgan fingerprint density at radius 3 is 2.89 bits per heavy atom. The fourth-order valence-corrected chi connectivity index (χ4v) is 4.60. The SMILES string of the molecule is CC1CCC(O)(Cc2sccc2Br)c2ccccc21. The van der Waals surface area contributed by atoms with Gasteiger partial charge in [-0.25, -0.2) is 0 Å². The van der Waals surface area contributed by atoms with Gasteiger partial charge >= 0.3 is 0 Å². The van der Waals surface area contributed by atoms with Gasteiger partial charge in [0.2, 0.25) is 0 Å². The van der Waals surface area contributed by atoms with Crippen LogP contribution in [0.15, 0.2) is 40.2 Å². The topological polar surface area (TPSA) is 20.2 Å². The van der Waals surface area contributed by atoms with Crippen molar-refractivity contribution in [1.29, 1.82) is 0 Å². The molecule has 3 heteroatoms. The molecular weight excluding hydrogens is 320 g/mol. The second kappa shape index (κ2) is 5.04. The maximum Gasteiger partial charge on any atom is 0.0947 e. The minimum absolute atomic E-state index is 0.545. The van der Waals surface area contributed by atoms with Crippen molar-refractivity contribution in [2.45, 2.75) is 37.7 Å². The lowest BCUT2D eigenvalue weighted by Crippen LogP contribution is -2.33. The Hall–Kier alpha value is -0.640. The third-order valence-electron chi connectivity index (χ3n) is 4.13. The van der Waals surface area contributed by atoms with Crippen LogP contribution in [0.1, 0.15) is 41.7 Å². The summed E-state index contributed by atoms with van der Waals surface area (Å²) < 4.78 is 1.11. The molecule has 2 atom stereocenters. The summed E-state index contributed by atoms with van der Waals surface area (Å²) in [5, 5.41) is 13.2. The summed E-state index contributed by atoms with van der Waals surface area (Å²) in [4.78, 5) is 1.23. The second-order valence-corrected chi connectivity index (χ2v) is 7.28. The third kappa shape index (κ3) is 2.39. The van der Waals surface area contributed by atoms with Crippen molar-refractivity contribution >= 4 is 27.3 Å². The number of hydrogen-bond acceptors (Lipinski definition) is 2. The summed E-state index contributed by atoms with van der Waals surface area (Å²) in [6.07, 6.45) is 2.60. The first kappa shape index (κ1) is 13.3. The maximum atomic E-state index is 11.1. The number of hydrogen-bond donors (Lipinski definition) is 1. The van der Waals surface area contributed by atoms with Crippen LogP contribution in [-0.4, -0.2) is 5.11 Å². The molecule has 3 rings (SSSR count). The Morgan fingerprint density at radius 1 is 1.37 bits per heavy atom. The fraction of sp³-hybridized carbons (Fsp3) is 0.375. The van der Waals surface area contributed by atoms with Crippen molar-refractivity contribution in [3.05, 3.63) is 56.2 Å². The largest absolute Gasteiger partial charge is 0.385 e. The van der Waals surface area contributed by atoms with Gasteiger partial charge in [0.05, 0.1) is 5.60 Å². The van der Waals surface area contributed by atoms with E-state index in [1.54, 1.807) is 11.3 Å². The predicted octanol–water partition coefficient (Wildman–Crippen LogP) is 4.84. The van der Waals surface area contributed by atoms with Crippen molar-refractivity contribution in [1.82, 2.24) is 0 Å². The molecule has 0 aliphatic heterocycles. The molecule has 100 valence electrons. The maximum absolute atomic E-state index is 11.1. The van der Waals surface area contributed by atoms with Gasteiger partial charge in [0.15, 0.2) is 0 Å². The molecule has 1 aromatic heterocycles. The Kier molecular flexibility index (Phi) is 3.54. The highest BCUT2D eigenvalue weighted by molar-refractivity contribution is 9.10. The van der Waals surface area contributed by atoms with Gasteiger partial charge in [-0.15, -0.1) is 11.3 Å². The molecule has 0 amide bonds. The molecule has 1 aliphatic carbocycles. The van der Waals surface area contributed by atoms with Crippen molar-refractivity contribution < 1.29 is 5.11 Å². The van der Waals surface area contributed by atoms with E-state index in [9.17, 15) is 5.11 Å². The molecule has 19 heavy (non-hydrogen) atoms. The average molecular weight is 337 g/mol. The van der Waals surface area contributed by atoms with Crippen LogP contribution < -0.4 is 0 Å². The molecule has 0 radical (unpaired) electrons. The summed E-state index contributed by atoms with van der Waals surface area (Å²) in [6.45, 7) is 2.25. The Labute approximate surface area is 126 Å². The minimum atomic E-state index is -0.712. The minimum Gasteiger partial charge on any atom is -0.385 e. The molecule has 1 N–H and O–H groups in total. The van der Waals surface area contributed by atoms with Crippen LogP contribution in [0, 0.1) is 0 Å². The van der Waals surface area contributed by atoms with Crippen molar-refractivity contribution in [2.24, 2.45) is 0 Å². The number of aliphatic hydroxyl groups is 1. The summed E-state index contributed by atoms with van der Waals surface area (Å²) in [6, 6.07) is 10.4. The summed E-state index contributed by atoms with van der Waals surface area (Å²) in [5.74, 6) is 0.545. The van der Waals surface area contributed by atoms with Crippen molar-refractivity contribution in [3.8, 4) is 0 Å². The quantitative estimate of drug-likeness (QED) is 0.831. The van der Waals surface area contributed by atoms with Gasteiger partial charge in [-0.1, -0.05) is 31.2 Å². The molecule has 1 aliphatic rings. The van der Waals surface area contributed by atoms with Gasteiger partial charge in [0.25, 0.3) is 0 Å². The lowest BCUT2D eigenvalue weighted by Gasteiger charge is -2.37. The van der Waals surface area contributed by atoms with Gasteiger partial charge in [-0.2, -0.15) is 0 Å². The van der Waals surface area contributed by atoms with Crippen LogP contribution in [0.25, 0.3) is 0 Å². The first-order chi connectivity index (χ1) is 9.10. The Morgan fingerprint density at radius 2 is 2.16 bits per heavy atom. The van der Waals surface area contributed by atoms with E-state index < -0.39 is 5.60 Å². The van der Waals surface area contributed by atoms with E-state index in [1.165, 1.54) is 10.4 Å². The number of benzene rings is 1. The van der Waals surface area contributed by atoms with E-state index in [1.807, 2.05) is 6.07 Å². The highest BCUT2D eigenvalue weighted by Gasteiger charge is 2.37. The van der Waals surface area contributed by atoms with E-state index >= 15 is 0 Å². The smallest absolute Gasteiger partial charge is 0.0947 e. The molecule has 2 unspecified atom stereocenters. The van der Waals surface area contributed by atoms with E-state index in [0.29, 0.717) is 12.3 Å². The van der Waals surface area contributed by atoms with Crippen LogP contribution in [0.3, 0.4) is 0 Å². The van der Waals surface area contributed by atoms with Crippen LogP contribution in [-0.2, 0) is 12.0 Å². The van der Waals surface area contributed by atoms with Crippen LogP contribution in [0.2, 0.25) is 0 Å². The van der Waals surface area contributed by atoms with Crippen LogP contribution >= 0.6 is 27.3 Å². The summed E-state index contributed by atoms with van der Waals surface area (Å²) in [7, 11) is 0.